The van der Waals surface area contributed by atoms with Crippen molar-refractivity contribution in [2.45, 2.75) is 12.5 Å². The fraction of sp³-hybridized carbons (Fsp3) is 0.125. The first-order valence-electron chi connectivity index (χ1n) is 6.14. The molecule has 2 aromatic carbocycles. The molecule has 0 radical (unpaired) electrons. The molecule has 0 aliphatic rings. The second-order valence-electron chi connectivity index (χ2n) is 4.50. The van der Waals surface area contributed by atoms with Gasteiger partial charge in [0.1, 0.15) is 11.9 Å². The maximum absolute atomic E-state index is 10.2. The number of furan rings is 1. The fourth-order valence-electron chi connectivity index (χ4n) is 2.29. The molecule has 0 amide bonds. The van der Waals surface area contributed by atoms with Crippen molar-refractivity contribution in [3.63, 3.8) is 0 Å². The van der Waals surface area contributed by atoms with Gasteiger partial charge in [0, 0.05) is 6.42 Å². The minimum Gasteiger partial charge on any atom is -0.452 e. The third-order valence-electron chi connectivity index (χ3n) is 3.22. The molecule has 1 N–H and O–H groups in total. The van der Waals surface area contributed by atoms with Gasteiger partial charge in [-0.05, 0) is 44.4 Å². The second-order valence-corrected chi connectivity index (χ2v) is 5.28. The Labute approximate surface area is 119 Å². The molecule has 0 saturated heterocycles. The molecule has 0 aliphatic heterocycles. The molecule has 0 fully saturated rings. The maximum atomic E-state index is 10.2. The highest BCUT2D eigenvalue weighted by atomic mass is 79.9. The van der Waals surface area contributed by atoms with Gasteiger partial charge in [-0.2, -0.15) is 0 Å². The Bertz CT molecular complexity index is 697. The Morgan fingerprint density at radius 1 is 1.00 bits per heavy atom. The van der Waals surface area contributed by atoms with Gasteiger partial charge >= 0.3 is 0 Å². The third kappa shape index (κ3) is 2.57. The van der Waals surface area contributed by atoms with Crippen LogP contribution in [0.2, 0.25) is 0 Å². The van der Waals surface area contributed by atoms with Crippen molar-refractivity contribution in [2.75, 3.05) is 0 Å². The maximum Gasteiger partial charge on any atom is 0.169 e. The molecular weight excluding hydrogens is 304 g/mol. The number of halogens is 1. The second kappa shape index (κ2) is 5.19. The standard InChI is InChI=1S/C16H13BrO2/c17-16-9-8-15(19-16)14(18)10-12-6-3-5-11-4-1-2-7-13(11)12/h1-9,14,18H,10H2. The number of fused-ring (bicyclic) bond motifs is 1. The van der Waals surface area contributed by atoms with E-state index in [0.717, 1.165) is 5.56 Å². The van der Waals surface area contributed by atoms with E-state index in [1.165, 1.54) is 10.8 Å². The van der Waals surface area contributed by atoms with Crippen LogP contribution in [0.4, 0.5) is 0 Å². The third-order valence-corrected chi connectivity index (χ3v) is 3.64. The Kier molecular flexibility index (Phi) is 3.40. The first kappa shape index (κ1) is 12.5. The summed E-state index contributed by atoms with van der Waals surface area (Å²) in [4.78, 5) is 0. The largest absolute Gasteiger partial charge is 0.452 e. The van der Waals surface area contributed by atoms with Gasteiger partial charge in [-0.15, -0.1) is 0 Å². The summed E-state index contributed by atoms with van der Waals surface area (Å²) in [7, 11) is 0. The highest BCUT2D eigenvalue weighted by Gasteiger charge is 2.14. The van der Waals surface area contributed by atoms with E-state index in [9.17, 15) is 5.11 Å². The Morgan fingerprint density at radius 2 is 1.79 bits per heavy atom. The van der Waals surface area contributed by atoms with Crippen LogP contribution in [0.1, 0.15) is 17.4 Å². The topological polar surface area (TPSA) is 33.4 Å². The lowest BCUT2D eigenvalue weighted by atomic mass is 9.99. The number of hydrogen-bond donors (Lipinski definition) is 1. The zero-order chi connectivity index (χ0) is 13.2. The molecule has 1 aromatic heterocycles. The molecule has 96 valence electrons. The smallest absolute Gasteiger partial charge is 0.169 e. The predicted octanol–water partition coefficient (Wildman–Crippen LogP) is 4.47. The summed E-state index contributed by atoms with van der Waals surface area (Å²) >= 11 is 3.25. The van der Waals surface area contributed by atoms with Gasteiger partial charge in [-0.25, -0.2) is 0 Å². The van der Waals surface area contributed by atoms with Crippen LogP contribution in [0.3, 0.4) is 0 Å². The molecule has 19 heavy (non-hydrogen) atoms. The molecule has 0 saturated carbocycles. The van der Waals surface area contributed by atoms with Crippen LogP contribution >= 0.6 is 15.9 Å². The summed E-state index contributed by atoms with van der Waals surface area (Å²) in [6.07, 6.45) is -0.0847. The van der Waals surface area contributed by atoms with Crippen molar-refractivity contribution in [3.8, 4) is 0 Å². The summed E-state index contributed by atoms with van der Waals surface area (Å²) < 4.78 is 6.03. The van der Waals surface area contributed by atoms with Gasteiger partial charge in [0.2, 0.25) is 0 Å². The van der Waals surface area contributed by atoms with Crippen molar-refractivity contribution < 1.29 is 9.52 Å². The summed E-state index contributed by atoms with van der Waals surface area (Å²) in [5.74, 6) is 0.583. The molecule has 1 atom stereocenters. The van der Waals surface area contributed by atoms with E-state index in [1.54, 1.807) is 12.1 Å². The van der Waals surface area contributed by atoms with Crippen LogP contribution in [0, 0.1) is 0 Å². The van der Waals surface area contributed by atoms with Crippen molar-refractivity contribution >= 4 is 26.7 Å². The van der Waals surface area contributed by atoms with Crippen molar-refractivity contribution in [3.05, 3.63) is 70.6 Å². The molecule has 3 heteroatoms. The Morgan fingerprint density at radius 3 is 2.58 bits per heavy atom. The minimum atomic E-state index is -0.628. The van der Waals surface area contributed by atoms with E-state index < -0.39 is 6.10 Å². The number of benzene rings is 2. The predicted molar refractivity (Wildman–Crippen MR) is 79.0 cm³/mol. The first-order chi connectivity index (χ1) is 9.24. The van der Waals surface area contributed by atoms with Gasteiger partial charge in [0.15, 0.2) is 4.67 Å². The Hall–Kier alpha value is -1.58. The van der Waals surface area contributed by atoms with Gasteiger partial charge in [0.05, 0.1) is 0 Å². The fourth-order valence-corrected chi connectivity index (χ4v) is 2.61. The van der Waals surface area contributed by atoms with Gasteiger partial charge in [-0.3, -0.25) is 0 Å². The van der Waals surface area contributed by atoms with Crippen molar-refractivity contribution in [1.29, 1.82) is 0 Å². The van der Waals surface area contributed by atoms with Gasteiger partial charge < -0.3 is 9.52 Å². The van der Waals surface area contributed by atoms with E-state index in [0.29, 0.717) is 16.9 Å². The summed E-state index contributed by atoms with van der Waals surface area (Å²) in [5, 5.41) is 12.6. The van der Waals surface area contributed by atoms with E-state index in [2.05, 4.69) is 34.1 Å². The lowest BCUT2D eigenvalue weighted by molar-refractivity contribution is 0.149. The van der Waals surface area contributed by atoms with Crippen molar-refractivity contribution in [1.82, 2.24) is 0 Å². The quantitative estimate of drug-likeness (QED) is 0.773. The summed E-state index contributed by atoms with van der Waals surface area (Å²) in [6, 6.07) is 17.9. The van der Waals surface area contributed by atoms with E-state index in [1.807, 2.05) is 24.3 Å². The molecule has 3 aromatic rings. The number of rotatable bonds is 3. The minimum absolute atomic E-state index is 0.543. The SMILES string of the molecule is OC(Cc1cccc2ccccc12)c1ccc(Br)o1. The average Bonchev–Trinajstić information content (AvgIpc) is 2.86. The van der Waals surface area contributed by atoms with Gasteiger partial charge in [0.25, 0.3) is 0 Å². The molecule has 0 spiro atoms. The molecule has 0 aliphatic carbocycles. The van der Waals surface area contributed by atoms with Crippen LogP contribution in [-0.2, 0) is 6.42 Å². The van der Waals surface area contributed by atoms with Crippen molar-refractivity contribution in [2.24, 2.45) is 0 Å². The van der Waals surface area contributed by atoms with E-state index in [4.69, 9.17) is 4.42 Å². The average molecular weight is 317 g/mol. The highest BCUT2D eigenvalue weighted by molar-refractivity contribution is 9.10. The molecule has 1 heterocycles. The first-order valence-corrected chi connectivity index (χ1v) is 6.93. The van der Waals surface area contributed by atoms with Crippen LogP contribution < -0.4 is 0 Å². The van der Waals surface area contributed by atoms with Crippen LogP contribution in [0.25, 0.3) is 10.8 Å². The Balaban J connectivity index is 1.93. The molecule has 1 unspecified atom stereocenters. The van der Waals surface area contributed by atoms with E-state index >= 15 is 0 Å². The number of aliphatic hydroxyl groups excluding tert-OH is 1. The summed E-state index contributed by atoms with van der Waals surface area (Å²) in [5.41, 5.74) is 1.12. The lowest BCUT2D eigenvalue weighted by Gasteiger charge is -2.10. The zero-order valence-corrected chi connectivity index (χ0v) is 11.8. The van der Waals surface area contributed by atoms with Gasteiger partial charge in [-0.1, -0.05) is 42.5 Å². The molecular formula is C16H13BrO2. The van der Waals surface area contributed by atoms with Crippen LogP contribution in [0.15, 0.2) is 63.7 Å². The molecule has 3 rings (SSSR count). The van der Waals surface area contributed by atoms with Crippen LogP contribution in [-0.4, -0.2) is 5.11 Å². The highest BCUT2D eigenvalue weighted by Crippen LogP contribution is 2.26. The summed E-state index contributed by atoms with van der Waals surface area (Å²) in [6.45, 7) is 0. The van der Waals surface area contributed by atoms with E-state index in [-0.39, 0.29) is 0 Å². The number of hydrogen-bond acceptors (Lipinski definition) is 2. The normalized spacial score (nSPS) is 12.7. The zero-order valence-electron chi connectivity index (χ0n) is 10.2. The number of aliphatic hydroxyl groups is 1. The lowest BCUT2D eigenvalue weighted by Crippen LogP contribution is -2.00. The monoisotopic (exact) mass is 316 g/mol. The molecule has 2 nitrogen and oxygen atoms in total. The molecule has 0 bridgehead atoms. The van der Waals surface area contributed by atoms with Crippen LogP contribution in [0.5, 0.6) is 0 Å².